The van der Waals surface area contributed by atoms with Crippen molar-refractivity contribution in [2.75, 3.05) is 19.6 Å². The third kappa shape index (κ3) is 11.2. The van der Waals surface area contributed by atoms with Crippen LogP contribution < -0.4 is 26.6 Å². The minimum Gasteiger partial charge on any atom is -0.391 e. The number of hydrogen-bond acceptors (Lipinski definition) is 9. The highest BCUT2D eigenvalue weighted by Gasteiger charge is 2.45. The van der Waals surface area contributed by atoms with Crippen LogP contribution in [0.4, 0.5) is 0 Å². The number of carbonyl (C=O) groups excluding carboxylic acids is 8. The van der Waals surface area contributed by atoms with Crippen LogP contribution >= 0.6 is 0 Å². The molecule has 8 amide bonds. The van der Waals surface area contributed by atoms with Gasteiger partial charge in [0.2, 0.25) is 47.3 Å². The summed E-state index contributed by atoms with van der Waals surface area (Å²) in [6.45, 7) is 9.12. The second-order valence-corrected chi connectivity index (χ2v) is 19.6. The van der Waals surface area contributed by atoms with Crippen molar-refractivity contribution in [1.82, 2.24) is 46.3 Å². The third-order valence-corrected chi connectivity index (χ3v) is 13.8. The minimum absolute atomic E-state index is 0.0583. The highest BCUT2D eigenvalue weighted by Crippen LogP contribution is 2.27. The van der Waals surface area contributed by atoms with Gasteiger partial charge in [-0.3, -0.25) is 38.4 Å². The van der Waals surface area contributed by atoms with E-state index in [9.17, 15) is 43.5 Å². The van der Waals surface area contributed by atoms with Crippen LogP contribution in [0.3, 0.4) is 0 Å². The Morgan fingerprint density at radius 2 is 1.03 bits per heavy atom. The van der Waals surface area contributed by atoms with Gasteiger partial charge in [0.05, 0.1) is 6.10 Å². The molecule has 4 fully saturated rings. The van der Waals surface area contributed by atoms with Gasteiger partial charge >= 0.3 is 0 Å². The molecule has 9 atom stereocenters. The number of hydrogen-bond donors (Lipinski definition) is 7. The zero-order valence-corrected chi connectivity index (χ0v) is 39.7. The molecule has 0 radical (unpaired) electrons. The van der Waals surface area contributed by atoms with Crippen molar-refractivity contribution in [3.8, 4) is 0 Å². The van der Waals surface area contributed by atoms with E-state index in [0.29, 0.717) is 25.7 Å². The van der Waals surface area contributed by atoms with E-state index in [-0.39, 0.29) is 57.7 Å². The number of H-pyrrole nitrogens is 1. The Balaban J connectivity index is 1.27. The Labute approximate surface area is 397 Å². The summed E-state index contributed by atoms with van der Waals surface area (Å²) in [5, 5.41) is 25.9. The maximum atomic E-state index is 15.0. The van der Waals surface area contributed by atoms with E-state index in [1.165, 1.54) is 21.6 Å². The summed E-state index contributed by atoms with van der Waals surface area (Å²) in [6, 6.07) is 7.55. The SMILES string of the molecule is CC(C)C[C@@H]1NC(=O)[C@@H]2CCCN2C(=O)[C@H](Cc2ccccc2)NC(=O)[C@@H]2CCCN2C(=O)[C@H](Cc2c[nH]c3ccccc23)NC(=O)[C@@H]2CCCN2C(=O)[C@H](C(C)C)NC(=O)[C@H]([C@H](C)O)NC1=O. The molecule has 3 aromatic rings. The van der Waals surface area contributed by atoms with E-state index in [1.54, 1.807) is 20.0 Å². The molecule has 4 aliphatic heterocycles. The summed E-state index contributed by atoms with van der Waals surface area (Å²) < 4.78 is 0. The van der Waals surface area contributed by atoms with Crippen molar-refractivity contribution in [1.29, 1.82) is 0 Å². The van der Waals surface area contributed by atoms with Gasteiger partial charge in [0.15, 0.2) is 0 Å². The van der Waals surface area contributed by atoms with Crippen LogP contribution in [0.1, 0.15) is 90.7 Å². The Morgan fingerprint density at radius 3 is 1.56 bits per heavy atom. The summed E-state index contributed by atoms with van der Waals surface area (Å²) in [5.74, 6) is -5.43. The first kappa shape index (κ1) is 49.6. The van der Waals surface area contributed by atoms with Crippen molar-refractivity contribution < 1.29 is 43.5 Å². The summed E-state index contributed by atoms with van der Waals surface area (Å²) in [5.41, 5.74) is 2.34. The number of aliphatic hydroxyl groups is 1. The standard InChI is InChI=1S/C50H67N9O9/c1-28(2)24-35-43(61)56-42(30(5)60)47(65)55-41(29(3)4)50(68)59-23-13-20-40(59)46(64)54-37(26-32-27-51-34-17-10-9-16-33(32)34)49(67)58-22-12-19-39(58)45(63)53-36(25-31-14-7-6-8-15-31)48(66)57-21-11-18-38(57)44(62)52-35/h6-10,14-17,27-30,35-42,51,60H,11-13,18-26H2,1-5H3,(H,52,62)(H,53,63)(H,54,64)(H,55,65)(H,56,61)/t30-,35-,36-,37-,38-,39-,40-,41-,42-/m0/s1. The molecule has 18 nitrogen and oxygen atoms in total. The van der Waals surface area contributed by atoms with Gasteiger partial charge in [-0.1, -0.05) is 76.2 Å². The number of aliphatic hydroxyl groups excluding tert-OH is 1. The molecule has 366 valence electrons. The van der Waals surface area contributed by atoms with Gasteiger partial charge in [0, 0.05) is 49.6 Å². The van der Waals surface area contributed by atoms with Crippen LogP contribution in [0.15, 0.2) is 60.8 Å². The highest BCUT2D eigenvalue weighted by molar-refractivity contribution is 6.00. The Kier molecular flexibility index (Phi) is 15.9. The van der Waals surface area contributed by atoms with Crippen molar-refractivity contribution in [2.45, 2.75) is 147 Å². The minimum atomic E-state index is -1.54. The smallest absolute Gasteiger partial charge is 0.246 e. The van der Waals surface area contributed by atoms with E-state index in [4.69, 9.17) is 0 Å². The van der Waals surface area contributed by atoms with Gasteiger partial charge in [-0.05, 0) is 80.9 Å². The quantitative estimate of drug-likeness (QED) is 0.173. The van der Waals surface area contributed by atoms with Gasteiger partial charge in [-0.25, -0.2) is 0 Å². The number of amides is 8. The van der Waals surface area contributed by atoms with Crippen molar-refractivity contribution in [2.24, 2.45) is 11.8 Å². The van der Waals surface area contributed by atoms with E-state index in [2.05, 4.69) is 31.6 Å². The lowest BCUT2D eigenvalue weighted by Gasteiger charge is -2.34. The van der Waals surface area contributed by atoms with Crippen molar-refractivity contribution >= 4 is 58.2 Å². The van der Waals surface area contributed by atoms with Crippen LogP contribution in [-0.4, -0.2) is 146 Å². The van der Waals surface area contributed by atoms with E-state index in [1.807, 2.05) is 68.4 Å². The number of rotatable bonds is 8. The third-order valence-electron chi connectivity index (χ3n) is 13.8. The van der Waals surface area contributed by atoms with E-state index < -0.39 is 108 Å². The summed E-state index contributed by atoms with van der Waals surface area (Å²) in [7, 11) is 0. The molecule has 5 heterocycles. The summed E-state index contributed by atoms with van der Waals surface area (Å²) in [4.78, 5) is 123. The number of para-hydroxylation sites is 1. The second-order valence-electron chi connectivity index (χ2n) is 19.6. The molecule has 0 aliphatic carbocycles. The first-order chi connectivity index (χ1) is 32.5. The number of aromatic amines is 1. The molecule has 0 spiro atoms. The fraction of sp³-hybridized carbons (Fsp3) is 0.560. The average Bonchev–Trinajstić information content (AvgIpc) is 4.16. The van der Waals surface area contributed by atoms with Gasteiger partial charge in [-0.15, -0.1) is 0 Å². The lowest BCUT2D eigenvalue weighted by Crippen LogP contribution is -2.63. The maximum absolute atomic E-state index is 15.0. The molecule has 7 N–H and O–H groups in total. The lowest BCUT2D eigenvalue weighted by molar-refractivity contribution is -0.146. The Morgan fingerprint density at radius 1 is 0.544 bits per heavy atom. The fourth-order valence-electron chi connectivity index (χ4n) is 10.2. The summed E-state index contributed by atoms with van der Waals surface area (Å²) in [6.07, 6.45) is 2.95. The number of fused-ring (bicyclic) bond motifs is 4. The molecule has 0 unspecified atom stereocenters. The van der Waals surface area contributed by atoms with Crippen LogP contribution in [0.2, 0.25) is 0 Å². The van der Waals surface area contributed by atoms with Gasteiger partial charge in [-0.2, -0.15) is 0 Å². The first-order valence-corrected chi connectivity index (χ1v) is 24.2. The molecular formula is C50H67N9O9. The second kappa shape index (κ2) is 21.8. The van der Waals surface area contributed by atoms with Crippen LogP contribution in [0, 0.1) is 11.8 Å². The van der Waals surface area contributed by atoms with Crippen molar-refractivity contribution in [3.63, 3.8) is 0 Å². The molecule has 4 aliphatic rings. The molecule has 68 heavy (non-hydrogen) atoms. The van der Waals surface area contributed by atoms with Crippen molar-refractivity contribution in [3.05, 3.63) is 71.9 Å². The topological polar surface area (TPSA) is 242 Å². The summed E-state index contributed by atoms with van der Waals surface area (Å²) >= 11 is 0. The van der Waals surface area contributed by atoms with E-state index >= 15 is 0 Å². The molecule has 18 heteroatoms. The largest absolute Gasteiger partial charge is 0.391 e. The lowest BCUT2D eigenvalue weighted by atomic mass is 9.99. The molecule has 2 aromatic carbocycles. The van der Waals surface area contributed by atoms with Crippen LogP contribution in [0.5, 0.6) is 0 Å². The predicted molar refractivity (Wildman–Crippen MR) is 252 cm³/mol. The van der Waals surface area contributed by atoms with Gasteiger partial charge in [0.25, 0.3) is 0 Å². The molecule has 0 saturated carbocycles. The monoisotopic (exact) mass is 938 g/mol. The zero-order valence-electron chi connectivity index (χ0n) is 39.7. The van der Waals surface area contributed by atoms with Crippen LogP contribution in [-0.2, 0) is 51.2 Å². The predicted octanol–water partition coefficient (Wildman–Crippen LogP) is 1.45. The first-order valence-electron chi connectivity index (χ1n) is 24.2. The van der Waals surface area contributed by atoms with E-state index in [0.717, 1.165) is 22.0 Å². The highest BCUT2D eigenvalue weighted by atomic mass is 16.3. The normalized spacial score (nSPS) is 27.9. The molecule has 0 bridgehead atoms. The fourth-order valence-corrected chi connectivity index (χ4v) is 10.2. The number of aromatic nitrogens is 1. The number of carbonyl (C=O) groups is 8. The van der Waals surface area contributed by atoms with Crippen LogP contribution in [0.25, 0.3) is 10.9 Å². The van der Waals surface area contributed by atoms with Gasteiger partial charge < -0.3 is 51.4 Å². The Bertz CT molecular complexity index is 2350. The molecular weight excluding hydrogens is 871 g/mol. The number of nitrogens with one attached hydrogen (secondary N) is 6. The number of benzene rings is 2. The zero-order chi connectivity index (χ0) is 48.8. The maximum Gasteiger partial charge on any atom is 0.246 e. The average molecular weight is 938 g/mol. The molecule has 7 rings (SSSR count). The Hall–Kier alpha value is -6.30. The van der Waals surface area contributed by atoms with Gasteiger partial charge in [0.1, 0.15) is 48.3 Å². The molecule has 4 saturated heterocycles. The number of nitrogens with zero attached hydrogens (tertiary/aromatic N) is 3. The molecule has 1 aromatic heterocycles.